The van der Waals surface area contributed by atoms with Crippen LogP contribution >= 0.6 is 11.8 Å². The van der Waals surface area contributed by atoms with Crippen molar-refractivity contribution in [2.45, 2.75) is 4.90 Å². The van der Waals surface area contributed by atoms with E-state index in [2.05, 4.69) is 17.0 Å². The van der Waals surface area contributed by atoms with Gasteiger partial charge in [-0.15, -0.1) is 11.8 Å². The average molecular weight is 316 g/mol. The summed E-state index contributed by atoms with van der Waals surface area (Å²) in [5.74, 6) is 0.421. The predicted octanol–water partition coefficient (Wildman–Crippen LogP) is 3.21. The molecule has 0 bridgehead atoms. The van der Waals surface area contributed by atoms with Crippen molar-refractivity contribution in [2.75, 3.05) is 13.0 Å². The second-order valence-corrected chi connectivity index (χ2v) is 5.32. The van der Waals surface area contributed by atoms with Gasteiger partial charge in [0.05, 0.1) is 18.7 Å². The maximum Gasteiger partial charge on any atom is 0.252 e. The van der Waals surface area contributed by atoms with Crippen molar-refractivity contribution in [1.82, 2.24) is 5.32 Å². The maximum absolute atomic E-state index is 12.1. The summed E-state index contributed by atoms with van der Waals surface area (Å²) in [5.41, 5.74) is 1.21. The van der Waals surface area contributed by atoms with Gasteiger partial charge in [0.15, 0.2) is 11.5 Å². The SMILES string of the molecule is C=Nc1ccccc1SCNC(=O)c1ccc(O)c(OC)c1. The smallest absolute Gasteiger partial charge is 0.252 e. The van der Waals surface area contributed by atoms with Gasteiger partial charge in [-0.2, -0.15) is 0 Å². The van der Waals surface area contributed by atoms with Crippen LogP contribution in [0.5, 0.6) is 11.5 Å². The van der Waals surface area contributed by atoms with Gasteiger partial charge in [-0.1, -0.05) is 12.1 Å². The number of amides is 1. The number of carbonyl (C=O) groups is 1. The van der Waals surface area contributed by atoms with E-state index in [0.717, 1.165) is 10.6 Å². The molecular formula is C16H16N2O3S. The number of hydrogen-bond acceptors (Lipinski definition) is 5. The molecule has 0 heterocycles. The summed E-state index contributed by atoms with van der Waals surface area (Å²) in [6.45, 7) is 3.52. The van der Waals surface area contributed by atoms with E-state index in [1.165, 1.54) is 37.1 Å². The van der Waals surface area contributed by atoms with E-state index in [9.17, 15) is 9.90 Å². The van der Waals surface area contributed by atoms with Gasteiger partial charge in [0, 0.05) is 10.5 Å². The number of benzene rings is 2. The molecule has 0 saturated heterocycles. The predicted molar refractivity (Wildman–Crippen MR) is 88.5 cm³/mol. The van der Waals surface area contributed by atoms with E-state index in [1.807, 2.05) is 24.3 Å². The van der Waals surface area contributed by atoms with Crippen LogP contribution in [0.2, 0.25) is 0 Å². The summed E-state index contributed by atoms with van der Waals surface area (Å²) in [7, 11) is 1.44. The molecule has 114 valence electrons. The van der Waals surface area contributed by atoms with Crippen molar-refractivity contribution in [3.05, 3.63) is 48.0 Å². The Labute approximate surface area is 133 Å². The van der Waals surface area contributed by atoms with Crippen LogP contribution in [0.3, 0.4) is 0 Å². The maximum atomic E-state index is 12.1. The van der Waals surface area contributed by atoms with Gasteiger partial charge in [0.1, 0.15) is 0 Å². The molecule has 0 spiro atoms. The molecule has 0 aliphatic carbocycles. The Morgan fingerprint density at radius 1 is 1.36 bits per heavy atom. The number of aromatic hydroxyl groups is 1. The molecule has 0 saturated carbocycles. The summed E-state index contributed by atoms with van der Waals surface area (Å²) in [4.78, 5) is 16.9. The van der Waals surface area contributed by atoms with Gasteiger partial charge in [0.25, 0.3) is 5.91 Å². The third-order valence-corrected chi connectivity index (χ3v) is 3.88. The molecule has 22 heavy (non-hydrogen) atoms. The highest BCUT2D eigenvalue weighted by molar-refractivity contribution is 7.99. The van der Waals surface area contributed by atoms with Crippen LogP contribution in [0.15, 0.2) is 52.4 Å². The van der Waals surface area contributed by atoms with Crippen LogP contribution in [0.4, 0.5) is 5.69 Å². The summed E-state index contributed by atoms with van der Waals surface area (Å²) in [5, 5.41) is 12.3. The number of phenols is 1. The highest BCUT2D eigenvalue weighted by atomic mass is 32.2. The monoisotopic (exact) mass is 316 g/mol. The lowest BCUT2D eigenvalue weighted by molar-refractivity contribution is 0.0960. The fourth-order valence-corrected chi connectivity index (χ4v) is 2.62. The van der Waals surface area contributed by atoms with Crippen molar-refractivity contribution < 1.29 is 14.6 Å². The second kappa shape index (κ2) is 7.51. The number of hydrogen-bond donors (Lipinski definition) is 2. The zero-order valence-electron chi connectivity index (χ0n) is 12.1. The zero-order chi connectivity index (χ0) is 15.9. The van der Waals surface area contributed by atoms with Gasteiger partial charge < -0.3 is 15.2 Å². The molecule has 5 nitrogen and oxygen atoms in total. The fourth-order valence-electron chi connectivity index (χ4n) is 1.81. The Bertz CT molecular complexity index is 689. The van der Waals surface area contributed by atoms with Crippen molar-refractivity contribution in [1.29, 1.82) is 0 Å². The number of thioether (sulfide) groups is 1. The number of carbonyl (C=O) groups excluding carboxylic acids is 1. The number of aliphatic imine (C=N–C) groups is 1. The molecule has 0 fully saturated rings. The second-order valence-electron chi connectivity index (χ2n) is 4.31. The quantitative estimate of drug-likeness (QED) is 0.488. The molecular weight excluding hydrogens is 300 g/mol. The lowest BCUT2D eigenvalue weighted by atomic mass is 10.2. The topological polar surface area (TPSA) is 70.9 Å². The molecule has 0 aliphatic rings. The zero-order valence-corrected chi connectivity index (χ0v) is 12.9. The Kier molecular flexibility index (Phi) is 5.43. The third-order valence-electron chi connectivity index (χ3n) is 2.94. The third kappa shape index (κ3) is 3.79. The van der Waals surface area contributed by atoms with Gasteiger partial charge in [0.2, 0.25) is 0 Å². The minimum Gasteiger partial charge on any atom is -0.504 e. The van der Waals surface area contributed by atoms with Crippen LogP contribution in [0, 0.1) is 0 Å². The molecule has 6 heteroatoms. The van der Waals surface area contributed by atoms with E-state index in [1.54, 1.807) is 0 Å². The number of phenolic OH excluding ortho intramolecular Hbond substituents is 1. The van der Waals surface area contributed by atoms with Crippen molar-refractivity contribution in [2.24, 2.45) is 4.99 Å². The Morgan fingerprint density at radius 2 is 2.14 bits per heavy atom. The van der Waals surface area contributed by atoms with Crippen LogP contribution < -0.4 is 10.1 Å². The summed E-state index contributed by atoms with van der Waals surface area (Å²) >= 11 is 1.46. The highest BCUT2D eigenvalue weighted by Crippen LogP contribution is 2.28. The molecule has 0 radical (unpaired) electrons. The summed E-state index contributed by atoms with van der Waals surface area (Å²) < 4.78 is 4.99. The number of nitrogens with zero attached hydrogens (tertiary/aromatic N) is 1. The minimum atomic E-state index is -0.241. The summed E-state index contributed by atoms with van der Waals surface area (Å²) in [6.07, 6.45) is 0. The Morgan fingerprint density at radius 3 is 2.86 bits per heavy atom. The number of para-hydroxylation sites is 1. The number of rotatable bonds is 6. The molecule has 1 amide bonds. The Balaban J connectivity index is 1.97. The van der Waals surface area contributed by atoms with Crippen molar-refractivity contribution >= 4 is 30.1 Å². The lowest BCUT2D eigenvalue weighted by Gasteiger charge is -2.08. The van der Waals surface area contributed by atoms with Crippen LogP contribution in [-0.2, 0) is 0 Å². The first kappa shape index (κ1) is 15.9. The number of methoxy groups -OCH3 is 1. The highest BCUT2D eigenvalue weighted by Gasteiger charge is 2.09. The van der Waals surface area contributed by atoms with E-state index in [-0.39, 0.29) is 17.4 Å². The van der Waals surface area contributed by atoms with Crippen LogP contribution in [-0.4, -0.2) is 30.7 Å². The number of nitrogens with one attached hydrogen (secondary N) is 1. The summed E-state index contributed by atoms with van der Waals surface area (Å²) in [6, 6.07) is 12.0. The molecule has 2 aromatic carbocycles. The molecule has 2 aromatic rings. The first-order chi connectivity index (χ1) is 10.7. The lowest BCUT2D eigenvalue weighted by Crippen LogP contribution is -2.22. The normalized spacial score (nSPS) is 10.0. The van der Waals surface area contributed by atoms with E-state index < -0.39 is 0 Å². The molecule has 0 aliphatic heterocycles. The standard InChI is InChI=1S/C16H16N2O3S/c1-17-12-5-3-4-6-15(12)22-10-18-16(20)11-7-8-13(19)14(9-11)21-2/h3-9,19H,1,10H2,2H3,(H,18,20). The van der Waals surface area contributed by atoms with Crippen molar-refractivity contribution in [3.63, 3.8) is 0 Å². The van der Waals surface area contributed by atoms with Crippen LogP contribution in [0.25, 0.3) is 0 Å². The van der Waals surface area contributed by atoms with Crippen molar-refractivity contribution in [3.8, 4) is 11.5 Å². The molecule has 0 unspecified atom stereocenters. The Hall–Kier alpha value is -2.47. The minimum absolute atomic E-state index is 0.000547. The van der Waals surface area contributed by atoms with Gasteiger partial charge in [-0.05, 0) is 37.0 Å². The van der Waals surface area contributed by atoms with Gasteiger partial charge >= 0.3 is 0 Å². The van der Waals surface area contributed by atoms with E-state index in [4.69, 9.17) is 4.74 Å². The molecule has 2 N–H and O–H groups in total. The largest absolute Gasteiger partial charge is 0.504 e. The molecule has 0 atom stereocenters. The molecule has 0 aromatic heterocycles. The van der Waals surface area contributed by atoms with E-state index >= 15 is 0 Å². The number of ether oxygens (including phenoxy) is 1. The van der Waals surface area contributed by atoms with Gasteiger partial charge in [-0.3, -0.25) is 9.79 Å². The first-order valence-corrected chi connectivity index (χ1v) is 7.48. The first-order valence-electron chi connectivity index (χ1n) is 6.49. The van der Waals surface area contributed by atoms with Crippen LogP contribution in [0.1, 0.15) is 10.4 Å². The van der Waals surface area contributed by atoms with E-state index in [0.29, 0.717) is 11.4 Å². The molecule has 2 rings (SSSR count). The van der Waals surface area contributed by atoms with Gasteiger partial charge in [-0.25, -0.2) is 0 Å². The average Bonchev–Trinajstić information content (AvgIpc) is 2.55. The fraction of sp³-hybridized carbons (Fsp3) is 0.125.